The first-order valence-corrected chi connectivity index (χ1v) is 20.7. The molecule has 0 bridgehead atoms. The monoisotopic (exact) mass is 731 g/mol. The second-order valence-corrected chi connectivity index (χ2v) is 20.9. The number of urea groups is 1. The lowest BCUT2D eigenvalue weighted by atomic mass is 9.73. The summed E-state index contributed by atoms with van der Waals surface area (Å²) in [4.78, 5) is 70.1. The molecule has 3 saturated carbocycles. The van der Waals surface area contributed by atoms with Gasteiger partial charge in [0.25, 0.3) is 5.91 Å². The highest BCUT2D eigenvalue weighted by molar-refractivity contribution is 7.92. The van der Waals surface area contributed by atoms with Crippen molar-refractivity contribution in [2.45, 2.75) is 142 Å². The Morgan fingerprint density at radius 2 is 1.61 bits per heavy atom. The van der Waals surface area contributed by atoms with E-state index in [4.69, 9.17) is 0 Å². The van der Waals surface area contributed by atoms with Crippen LogP contribution in [-0.2, 0) is 29.0 Å². The Kier molecular flexibility index (Phi) is 10.9. The Morgan fingerprint density at radius 1 is 0.961 bits per heavy atom. The summed E-state index contributed by atoms with van der Waals surface area (Å²) in [6.45, 7) is 17.9. The Morgan fingerprint density at radius 3 is 2.20 bits per heavy atom. The van der Waals surface area contributed by atoms with Crippen molar-refractivity contribution >= 4 is 39.4 Å². The Hall–Kier alpha value is -2.96. The third kappa shape index (κ3) is 8.33. The van der Waals surface area contributed by atoms with E-state index in [0.717, 1.165) is 32.1 Å². The fourth-order valence-corrected chi connectivity index (χ4v) is 12.0. The molecule has 5 amide bonds. The van der Waals surface area contributed by atoms with Crippen molar-refractivity contribution in [3.8, 4) is 0 Å². The number of fused-ring (bicyclic) bond motifs is 1. The van der Waals surface area contributed by atoms with Crippen LogP contribution in [0.5, 0.6) is 0 Å². The number of hydrogen-bond acceptors (Lipinski definition) is 7. The van der Waals surface area contributed by atoms with Crippen LogP contribution >= 0.6 is 0 Å². The first-order valence-electron chi connectivity index (χ1n) is 19.0. The molecule has 0 radical (unpaired) electrons. The first kappa shape index (κ1) is 39.3. The van der Waals surface area contributed by atoms with E-state index in [9.17, 15) is 32.4 Å². The maximum Gasteiger partial charge on any atom is 0.315 e. The maximum atomic E-state index is 14.6. The average molecular weight is 732 g/mol. The predicted molar refractivity (Wildman–Crippen MR) is 195 cm³/mol. The lowest BCUT2D eigenvalue weighted by Crippen LogP contribution is -2.66. The van der Waals surface area contributed by atoms with E-state index < -0.39 is 73.7 Å². The zero-order valence-electron chi connectivity index (χ0n) is 31.7. The molecule has 5 fully saturated rings. The molecular formula is C38H61N5O7S. The van der Waals surface area contributed by atoms with Crippen molar-refractivity contribution in [1.82, 2.24) is 26.2 Å². The number of carbonyl (C=O) groups excluding carboxylic acids is 5. The molecule has 0 aromatic rings. The lowest BCUT2D eigenvalue weighted by molar-refractivity contribution is -0.145. The second kappa shape index (κ2) is 14.1. The number of likely N-dealkylation sites (tertiary alicyclic amines) is 1. The molecule has 4 N–H and O–H groups in total. The number of hydrogen-bond donors (Lipinski definition) is 4. The summed E-state index contributed by atoms with van der Waals surface area (Å²) in [7, 11) is -3.46. The molecular weight excluding hydrogens is 671 g/mol. The molecule has 13 heteroatoms. The molecule has 2 aliphatic heterocycles. The summed E-state index contributed by atoms with van der Waals surface area (Å²) < 4.78 is 27.1. The van der Waals surface area contributed by atoms with Gasteiger partial charge in [-0.3, -0.25) is 19.2 Å². The van der Waals surface area contributed by atoms with Crippen LogP contribution in [0.1, 0.15) is 113 Å². The zero-order valence-corrected chi connectivity index (χ0v) is 32.5. The summed E-state index contributed by atoms with van der Waals surface area (Å²) in [5.74, 6) is -2.13. The molecule has 51 heavy (non-hydrogen) atoms. The van der Waals surface area contributed by atoms with Gasteiger partial charge in [-0.25, -0.2) is 13.2 Å². The molecule has 12 nitrogen and oxygen atoms in total. The van der Waals surface area contributed by atoms with E-state index in [1.165, 1.54) is 6.08 Å². The Labute approximate surface area is 304 Å². The van der Waals surface area contributed by atoms with Crippen LogP contribution in [0.25, 0.3) is 0 Å². The Bertz CT molecular complexity index is 1520. The highest BCUT2D eigenvalue weighted by Gasteiger charge is 2.70. The van der Waals surface area contributed by atoms with E-state index in [1.54, 1.807) is 4.90 Å². The minimum absolute atomic E-state index is 0.0606. The number of sulfone groups is 1. The van der Waals surface area contributed by atoms with Crippen molar-refractivity contribution in [1.29, 1.82) is 0 Å². The van der Waals surface area contributed by atoms with Gasteiger partial charge in [0.1, 0.15) is 12.1 Å². The number of Topliss-reactive ketones (excluding diaryl/α,β-unsaturated/α-hetero) is 1. The number of ketones is 1. The molecule has 0 aromatic heterocycles. The van der Waals surface area contributed by atoms with E-state index >= 15 is 0 Å². The molecule has 5 rings (SSSR count). The van der Waals surface area contributed by atoms with Crippen molar-refractivity contribution < 1.29 is 32.4 Å². The molecule has 2 heterocycles. The summed E-state index contributed by atoms with van der Waals surface area (Å²) >= 11 is 0. The normalized spacial score (nSPS) is 29.7. The van der Waals surface area contributed by atoms with Gasteiger partial charge in [0.15, 0.2) is 9.84 Å². The summed E-state index contributed by atoms with van der Waals surface area (Å²) in [5, 5.41) is 10.8. The van der Waals surface area contributed by atoms with Gasteiger partial charge >= 0.3 is 6.03 Å². The van der Waals surface area contributed by atoms with Gasteiger partial charge in [-0.15, -0.1) is 6.58 Å². The first-order chi connectivity index (χ1) is 23.6. The van der Waals surface area contributed by atoms with Gasteiger partial charge in [-0.05, 0) is 66.1 Å². The van der Waals surface area contributed by atoms with Crippen LogP contribution in [0.15, 0.2) is 12.7 Å². The van der Waals surface area contributed by atoms with E-state index in [0.29, 0.717) is 38.6 Å². The molecule has 0 unspecified atom stereocenters. The number of carbonyl (C=O) groups is 5. The number of amides is 5. The van der Waals surface area contributed by atoms with Crippen LogP contribution < -0.4 is 21.3 Å². The van der Waals surface area contributed by atoms with Crippen LogP contribution in [0.2, 0.25) is 0 Å². The summed E-state index contributed by atoms with van der Waals surface area (Å²) in [6, 6.07) is -3.50. The molecule has 286 valence electrons. The van der Waals surface area contributed by atoms with Crippen LogP contribution in [0.3, 0.4) is 0 Å². The van der Waals surface area contributed by atoms with Gasteiger partial charge < -0.3 is 26.2 Å². The minimum Gasteiger partial charge on any atom is -0.346 e. The van der Waals surface area contributed by atoms with E-state index in [2.05, 4.69) is 55.5 Å². The van der Waals surface area contributed by atoms with Crippen molar-refractivity contribution in [2.75, 3.05) is 18.8 Å². The van der Waals surface area contributed by atoms with Crippen molar-refractivity contribution in [3.05, 3.63) is 12.7 Å². The fourth-order valence-electron chi connectivity index (χ4n) is 9.15. The molecule has 2 saturated heterocycles. The molecule has 6 atom stereocenters. The molecule has 3 aliphatic carbocycles. The second-order valence-electron chi connectivity index (χ2n) is 18.6. The molecule has 0 spiro atoms. The Balaban J connectivity index is 1.36. The third-order valence-corrected chi connectivity index (χ3v) is 14.9. The van der Waals surface area contributed by atoms with Gasteiger partial charge in [0.05, 0.1) is 22.6 Å². The maximum absolute atomic E-state index is 14.6. The van der Waals surface area contributed by atoms with Crippen LogP contribution in [0.4, 0.5) is 4.79 Å². The average Bonchev–Trinajstić information content (AvgIpc) is 3.90. The van der Waals surface area contributed by atoms with E-state index in [-0.39, 0.29) is 40.9 Å². The number of piperidine rings is 1. The predicted octanol–water partition coefficient (Wildman–Crippen LogP) is 3.65. The van der Waals surface area contributed by atoms with Gasteiger partial charge in [-0.2, -0.15) is 0 Å². The van der Waals surface area contributed by atoms with Crippen molar-refractivity contribution in [2.24, 2.45) is 34.0 Å². The van der Waals surface area contributed by atoms with Gasteiger partial charge in [0, 0.05) is 13.1 Å². The minimum atomic E-state index is -3.46. The SMILES string of the molecule is C=CCNC(=O)C(=O)[C@H](CC1CC1)NC(=O)[C@@H]1[C@@H]2[C@H](CN1C(=O)[C@@H](NC(=O)NC1([C@@H]3CC(C)(C)CCS3(=O)=O)CCCCC1)C(C)(C)C)C2(C)C. The zero-order chi connectivity index (χ0) is 37.7. The third-order valence-electron chi connectivity index (χ3n) is 12.6. The quantitative estimate of drug-likeness (QED) is 0.175. The number of rotatable bonds is 12. The summed E-state index contributed by atoms with van der Waals surface area (Å²) in [6.07, 6.45) is 8.39. The number of nitrogens with zero attached hydrogens (tertiary/aromatic N) is 1. The van der Waals surface area contributed by atoms with Gasteiger partial charge in [-0.1, -0.05) is 86.6 Å². The topological polar surface area (TPSA) is 171 Å². The standard InChI is InChI=1S/C38H61N5O7S/c1-9-18-39-32(46)29(44)25(20-23-13-14-23)40-31(45)28-27-24(37(27,7)8)22-43(28)33(47)30(35(2,3)4)41-34(48)42-38(15-11-10-12-16-38)26-21-36(5,6)17-19-51(26,49)50/h9,23-28,30H,1,10-22H2,2-8H3,(H,39,46)(H,40,45)(H2,41,42,48)/t24-,25-,26-,27-,28-,30+/m0/s1. The lowest BCUT2D eigenvalue weighted by Gasteiger charge is -2.48. The molecule has 0 aromatic carbocycles. The van der Waals surface area contributed by atoms with E-state index in [1.807, 2.05) is 20.8 Å². The molecule has 5 aliphatic rings. The fraction of sp³-hybridized carbons (Fsp3) is 0.816. The summed E-state index contributed by atoms with van der Waals surface area (Å²) in [5.41, 5.74) is -2.08. The highest BCUT2D eigenvalue weighted by atomic mass is 32.2. The largest absolute Gasteiger partial charge is 0.346 e. The number of nitrogens with one attached hydrogen (secondary N) is 4. The van der Waals surface area contributed by atoms with Gasteiger partial charge in [0.2, 0.25) is 17.6 Å². The smallest absolute Gasteiger partial charge is 0.315 e. The van der Waals surface area contributed by atoms with Crippen molar-refractivity contribution in [3.63, 3.8) is 0 Å². The van der Waals surface area contributed by atoms with Crippen LogP contribution in [0, 0.1) is 34.0 Å². The van der Waals surface area contributed by atoms with Crippen LogP contribution in [-0.4, -0.2) is 90.6 Å². The highest BCUT2D eigenvalue weighted by Crippen LogP contribution is 2.65.